The maximum atomic E-state index is 12.5. The Bertz CT molecular complexity index is 687. The molecule has 4 nitrogen and oxygen atoms in total. The molecular weight excluding hydrogens is 334 g/mol. The monoisotopic (exact) mass is 347 g/mol. The highest BCUT2D eigenvalue weighted by atomic mass is 79.9. The Hall–Kier alpha value is -2.01. The number of hydrogen-bond acceptors (Lipinski definition) is 3. The number of halogens is 1. The molecule has 0 bridgehead atoms. The van der Waals surface area contributed by atoms with Crippen molar-refractivity contribution in [3.63, 3.8) is 0 Å². The molecule has 0 spiro atoms. The first-order valence-corrected chi connectivity index (χ1v) is 7.33. The van der Waals surface area contributed by atoms with Gasteiger partial charge in [0.25, 0.3) is 5.91 Å². The summed E-state index contributed by atoms with van der Waals surface area (Å²) in [5, 5.41) is 0. The smallest absolute Gasteiger partial charge is 0.254 e. The summed E-state index contributed by atoms with van der Waals surface area (Å²) in [6.45, 7) is 0.745. The molecular formula is C16H14BrNO3. The van der Waals surface area contributed by atoms with E-state index in [-0.39, 0.29) is 12.7 Å². The summed E-state index contributed by atoms with van der Waals surface area (Å²) >= 11 is 3.50. The quantitative estimate of drug-likeness (QED) is 0.853. The minimum atomic E-state index is -0.0518. The summed E-state index contributed by atoms with van der Waals surface area (Å²) in [4.78, 5) is 14.2. The highest BCUT2D eigenvalue weighted by molar-refractivity contribution is 9.10. The maximum absolute atomic E-state index is 12.5. The van der Waals surface area contributed by atoms with E-state index in [2.05, 4.69) is 15.9 Å². The zero-order valence-corrected chi connectivity index (χ0v) is 13.1. The van der Waals surface area contributed by atoms with Crippen LogP contribution >= 0.6 is 15.9 Å². The molecule has 21 heavy (non-hydrogen) atoms. The molecule has 108 valence electrons. The summed E-state index contributed by atoms with van der Waals surface area (Å²) in [5.74, 6) is 1.25. The van der Waals surface area contributed by atoms with E-state index >= 15 is 0 Å². The lowest BCUT2D eigenvalue weighted by Crippen LogP contribution is -2.26. The Morgan fingerprint density at radius 3 is 2.76 bits per heavy atom. The molecule has 1 aliphatic heterocycles. The Balaban J connectivity index is 1.77. The Morgan fingerprint density at radius 2 is 1.95 bits per heavy atom. The van der Waals surface area contributed by atoms with Gasteiger partial charge in [0.05, 0.1) is 0 Å². The number of rotatable bonds is 3. The van der Waals surface area contributed by atoms with Crippen LogP contribution in [0.15, 0.2) is 46.9 Å². The number of ether oxygens (including phenoxy) is 2. The topological polar surface area (TPSA) is 38.8 Å². The third-order valence-corrected chi connectivity index (χ3v) is 4.11. The molecule has 0 unspecified atom stereocenters. The van der Waals surface area contributed by atoms with Crippen LogP contribution in [-0.4, -0.2) is 24.6 Å². The standard InChI is InChI=1S/C16H14BrNO3/c1-18(9-12-4-2-3-5-13(12)17)16(19)11-6-7-14-15(8-11)21-10-20-14/h2-8H,9-10H2,1H3. The van der Waals surface area contributed by atoms with Gasteiger partial charge in [0.15, 0.2) is 11.5 Å². The predicted octanol–water partition coefficient (Wildman–Crippen LogP) is 3.45. The van der Waals surface area contributed by atoms with E-state index in [4.69, 9.17) is 9.47 Å². The van der Waals surface area contributed by atoms with Gasteiger partial charge in [0.2, 0.25) is 6.79 Å². The molecule has 0 atom stereocenters. The molecule has 2 aromatic carbocycles. The average Bonchev–Trinajstić information content (AvgIpc) is 2.96. The van der Waals surface area contributed by atoms with Crippen molar-refractivity contribution >= 4 is 21.8 Å². The van der Waals surface area contributed by atoms with Gasteiger partial charge in [0, 0.05) is 23.6 Å². The van der Waals surface area contributed by atoms with E-state index in [1.165, 1.54) is 0 Å². The van der Waals surface area contributed by atoms with Crippen LogP contribution in [-0.2, 0) is 6.54 Å². The van der Waals surface area contributed by atoms with E-state index in [9.17, 15) is 4.79 Å². The molecule has 0 aromatic heterocycles. The molecule has 5 heteroatoms. The van der Waals surface area contributed by atoms with Crippen molar-refractivity contribution in [3.05, 3.63) is 58.1 Å². The number of nitrogens with zero attached hydrogens (tertiary/aromatic N) is 1. The largest absolute Gasteiger partial charge is 0.454 e. The zero-order chi connectivity index (χ0) is 14.8. The first-order chi connectivity index (χ1) is 10.1. The number of carbonyl (C=O) groups excluding carboxylic acids is 1. The fourth-order valence-corrected chi connectivity index (χ4v) is 2.61. The van der Waals surface area contributed by atoms with Crippen LogP contribution in [0.4, 0.5) is 0 Å². The Morgan fingerprint density at radius 1 is 1.19 bits per heavy atom. The summed E-state index contributed by atoms with van der Waals surface area (Å²) in [5.41, 5.74) is 1.66. The van der Waals surface area contributed by atoms with Gasteiger partial charge >= 0.3 is 0 Å². The van der Waals surface area contributed by atoms with Crippen molar-refractivity contribution in [2.45, 2.75) is 6.54 Å². The van der Waals surface area contributed by atoms with Crippen LogP contribution in [0.3, 0.4) is 0 Å². The number of fused-ring (bicyclic) bond motifs is 1. The summed E-state index contributed by atoms with van der Waals surface area (Å²) in [6.07, 6.45) is 0. The van der Waals surface area contributed by atoms with Crippen LogP contribution in [0, 0.1) is 0 Å². The molecule has 0 saturated carbocycles. The molecule has 0 saturated heterocycles. The van der Waals surface area contributed by atoms with Gasteiger partial charge in [-0.25, -0.2) is 0 Å². The first-order valence-electron chi connectivity index (χ1n) is 6.53. The van der Waals surface area contributed by atoms with E-state index in [0.717, 1.165) is 10.0 Å². The molecule has 0 N–H and O–H groups in total. The summed E-state index contributed by atoms with van der Waals surface area (Å²) < 4.78 is 11.6. The highest BCUT2D eigenvalue weighted by Gasteiger charge is 2.18. The lowest BCUT2D eigenvalue weighted by atomic mass is 10.1. The van der Waals surface area contributed by atoms with Gasteiger partial charge in [-0.05, 0) is 29.8 Å². The third kappa shape index (κ3) is 2.88. The van der Waals surface area contributed by atoms with Gasteiger partial charge in [-0.2, -0.15) is 0 Å². The number of carbonyl (C=O) groups is 1. The van der Waals surface area contributed by atoms with Crippen LogP contribution in [0.25, 0.3) is 0 Å². The fraction of sp³-hybridized carbons (Fsp3) is 0.188. The van der Waals surface area contributed by atoms with Gasteiger partial charge in [-0.3, -0.25) is 4.79 Å². The summed E-state index contributed by atoms with van der Waals surface area (Å²) in [6, 6.07) is 13.1. The van der Waals surface area contributed by atoms with Crippen molar-refractivity contribution in [3.8, 4) is 11.5 Å². The first kappa shape index (κ1) is 13.9. The number of benzene rings is 2. The second-order valence-electron chi connectivity index (χ2n) is 4.82. The van der Waals surface area contributed by atoms with Crippen molar-refractivity contribution in [2.75, 3.05) is 13.8 Å². The van der Waals surface area contributed by atoms with E-state index < -0.39 is 0 Å². The normalized spacial score (nSPS) is 12.3. The third-order valence-electron chi connectivity index (χ3n) is 3.33. The lowest BCUT2D eigenvalue weighted by molar-refractivity contribution is 0.0784. The van der Waals surface area contributed by atoms with E-state index in [1.54, 1.807) is 30.1 Å². The van der Waals surface area contributed by atoms with Crippen LogP contribution in [0.2, 0.25) is 0 Å². The van der Waals surface area contributed by atoms with Gasteiger partial charge in [-0.15, -0.1) is 0 Å². The lowest BCUT2D eigenvalue weighted by Gasteiger charge is -2.18. The minimum absolute atomic E-state index is 0.0518. The van der Waals surface area contributed by atoms with Gasteiger partial charge in [-0.1, -0.05) is 34.1 Å². The second-order valence-corrected chi connectivity index (χ2v) is 5.68. The number of hydrogen-bond donors (Lipinski definition) is 0. The molecule has 0 radical (unpaired) electrons. The molecule has 1 amide bonds. The van der Waals surface area contributed by atoms with Crippen LogP contribution in [0.5, 0.6) is 11.5 Å². The van der Waals surface area contributed by atoms with Crippen molar-refractivity contribution < 1.29 is 14.3 Å². The SMILES string of the molecule is CN(Cc1ccccc1Br)C(=O)c1ccc2c(c1)OCO2. The molecule has 1 heterocycles. The van der Waals surface area contributed by atoms with Gasteiger partial charge in [0.1, 0.15) is 0 Å². The summed E-state index contributed by atoms with van der Waals surface area (Å²) in [7, 11) is 1.78. The highest BCUT2D eigenvalue weighted by Crippen LogP contribution is 2.32. The van der Waals surface area contributed by atoms with Crippen molar-refractivity contribution in [1.82, 2.24) is 4.90 Å². The van der Waals surface area contributed by atoms with Crippen LogP contribution < -0.4 is 9.47 Å². The average molecular weight is 348 g/mol. The molecule has 3 rings (SSSR count). The maximum Gasteiger partial charge on any atom is 0.254 e. The zero-order valence-electron chi connectivity index (χ0n) is 11.5. The molecule has 1 aliphatic rings. The minimum Gasteiger partial charge on any atom is -0.454 e. The van der Waals surface area contributed by atoms with Crippen molar-refractivity contribution in [2.24, 2.45) is 0 Å². The van der Waals surface area contributed by atoms with E-state index in [0.29, 0.717) is 23.6 Å². The van der Waals surface area contributed by atoms with Crippen LogP contribution in [0.1, 0.15) is 15.9 Å². The van der Waals surface area contributed by atoms with E-state index in [1.807, 2.05) is 24.3 Å². The number of amides is 1. The molecule has 0 fully saturated rings. The molecule has 2 aromatic rings. The second kappa shape index (κ2) is 5.77. The Labute approximate surface area is 131 Å². The fourth-order valence-electron chi connectivity index (χ4n) is 2.20. The van der Waals surface area contributed by atoms with Gasteiger partial charge < -0.3 is 14.4 Å². The molecule has 0 aliphatic carbocycles. The van der Waals surface area contributed by atoms with Crippen molar-refractivity contribution in [1.29, 1.82) is 0 Å². The Kier molecular flexibility index (Phi) is 3.84. The predicted molar refractivity (Wildman–Crippen MR) is 82.5 cm³/mol.